The third-order valence-corrected chi connectivity index (χ3v) is 5.99. The summed E-state index contributed by atoms with van der Waals surface area (Å²) in [5, 5.41) is 0.778. The second-order valence-electron chi connectivity index (χ2n) is 7.78. The maximum atomic E-state index is 11.9. The van der Waals surface area contributed by atoms with E-state index in [1.807, 2.05) is 0 Å². The van der Waals surface area contributed by atoms with Gasteiger partial charge in [-0.25, -0.2) is 0 Å². The van der Waals surface area contributed by atoms with Gasteiger partial charge in [0.25, 0.3) is 0 Å². The highest BCUT2D eigenvalue weighted by Gasteiger charge is 2.12. The summed E-state index contributed by atoms with van der Waals surface area (Å²) in [6, 6.07) is 2.84. The molecule has 0 unspecified atom stereocenters. The smallest absolute Gasteiger partial charge is 0.311 e. The first kappa shape index (κ1) is 28.1. The van der Waals surface area contributed by atoms with Crippen molar-refractivity contribution < 1.29 is 19.1 Å². The highest BCUT2D eigenvalue weighted by Crippen LogP contribution is 2.34. The summed E-state index contributed by atoms with van der Waals surface area (Å²) in [6.07, 6.45) is 14.1. The molecule has 0 saturated carbocycles. The van der Waals surface area contributed by atoms with Crippen molar-refractivity contribution in [2.45, 2.75) is 96.8 Å². The van der Waals surface area contributed by atoms with Crippen molar-refractivity contribution in [3.05, 3.63) is 27.2 Å². The van der Waals surface area contributed by atoms with Gasteiger partial charge in [-0.15, -0.1) is 0 Å². The van der Waals surface area contributed by atoms with Crippen molar-refractivity contribution >= 4 is 46.7 Å². The number of benzene rings is 1. The Kier molecular flexibility index (Phi) is 15.9. The van der Waals surface area contributed by atoms with Gasteiger partial charge in [0.1, 0.15) is 0 Å². The van der Waals surface area contributed by atoms with Crippen LogP contribution >= 0.6 is 34.8 Å². The average Bonchev–Trinajstić information content (AvgIpc) is 2.73. The lowest BCUT2D eigenvalue weighted by Gasteiger charge is -2.08. The summed E-state index contributed by atoms with van der Waals surface area (Å²) < 4.78 is 10.5. The van der Waals surface area contributed by atoms with Gasteiger partial charge in [0, 0.05) is 18.9 Å². The fraction of sp³-hybridized carbons (Fsp3) is 0.667. The van der Waals surface area contributed by atoms with Crippen molar-refractivity contribution in [2.75, 3.05) is 6.61 Å². The van der Waals surface area contributed by atoms with E-state index in [1.54, 1.807) is 0 Å². The van der Waals surface area contributed by atoms with E-state index in [9.17, 15) is 9.59 Å². The van der Waals surface area contributed by atoms with Crippen LogP contribution in [-0.2, 0) is 14.3 Å². The van der Waals surface area contributed by atoms with Crippen LogP contribution in [0.15, 0.2) is 12.1 Å². The predicted molar refractivity (Wildman–Crippen MR) is 128 cm³/mol. The van der Waals surface area contributed by atoms with Crippen molar-refractivity contribution in [2.24, 2.45) is 0 Å². The molecular weight excluding hydrogens is 459 g/mol. The molecule has 0 aliphatic heterocycles. The number of ether oxygens (including phenoxy) is 2. The van der Waals surface area contributed by atoms with Crippen LogP contribution < -0.4 is 4.74 Å². The molecule has 0 radical (unpaired) electrons. The third-order valence-electron chi connectivity index (χ3n) is 4.97. The summed E-state index contributed by atoms with van der Waals surface area (Å²) in [5.74, 6) is -0.465. The molecule has 0 aromatic heterocycles. The molecule has 0 spiro atoms. The molecule has 0 heterocycles. The Morgan fingerprint density at radius 1 is 0.677 bits per heavy atom. The molecule has 0 aliphatic rings. The summed E-state index contributed by atoms with van der Waals surface area (Å²) in [4.78, 5) is 23.7. The summed E-state index contributed by atoms with van der Waals surface area (Å²) in [6.45, 7) is 2.72. The average molecular weight is 494 g/mol. The molecule has 0 amide bonds. The van der Waals surface area contributed by atoms with Gasteiger partial charge in [-0.1, -0.05) is 99.5 Å². The molecule has 0 saturated heterocycles. The van der Waals surface area contributed by atoms with Crippen LogP contribution in [0.3, 0.4) is 0 Å². The maximum Gasteiger partial charge on any atom is 0.311 e. The molecular formula is C24H35Cl3O4. The monoisotopic (exact) mass is 492 g/mol. The minimum atomic E-state index is -0.431. The van der Waals surface area contributed by atoms with Gasteiger partial charge in [0.15, 0.2) is 5.75 Å². The first-order chi connectivity index (χ1) is 14.9. The molecule has 1 rings (SSSR count). The largest absolute Gasteiger partial charge is 0.466 e. The van der Waals surface area contributed by atoms with Gasteiger partial charge in [0.05, 0.1) is 21.7 Å². The molecule has 0 bridgehead atoms. The fourth-order valence-corrected chi connectivity index (χ4v) is 3.72. The van der Waals surface area contributed by atoms with E-state index >= 15 is 0 Å². The number of halogens is 3. The summed E-state index contributed by atoms with van der Waals surface area (Å²) in [7, 11) is 0. The Hall–Kier alpha value is -0.970. The summed E-state index contributed by atoms with van der Waals surface area (Å²) in [5.41, 5.74) is 0. The molecule has 0 aliphatic carbocycles. The molecule has 31 heavy (non-hydrogen) atoms. The van der Waals surface area contributed by atoms with Gasteiger partial charge in [-0.05, 0) is 25.3 Å². The predicted octanol–water partition coefficient (Wildman–Crippen LogP) is 8.58. The van der Waals surface area contributed by atoms with Crippen LogP contribution in [0.4, 0.5) is 0 Å². The second-order valence-corrected chi connectivity index (χ2v) is 9.00. The van der Waals surface area contributed by atoms with E-state index in [4.69, 9.17) is 44.3 Å². The van der Waals surface area contributed by atoms with Crippen molar-refractivity contribution in [3.8, 4) is 5.75 Å². The van der Waals surface area contributed by atoms with Crippen LogP contribution in [0.1, 0.15) is 96.8 Å². The SMILES string of the molecule is CCCCCCCCCCCCOC(=O)CCCCC(=O)Oc1cc(Cl)c(Cl)cc1Cl. The lowest BCUT2D eigenvalue weighted by molar-refractivity contribution is -0.144. The highest BCUT2D eigenvalue weighted by molar-refractivity contribution is 6.43. The molecule has 0 atom stereocenters. The molecule has 7 heteroatoms. The number of rotatable bonds is 17. The van der Waals surface area contributed by atoms with Gasteiger partial charge >= 0.3 is 11.9 Å². The number of hydrogen-bond donors (Lipinski definition) is 0. The van der Waals surface area contributed by atoms with Crippen LogP contribution in [0.5, 0.6) is 5.75 Å². The normalized spacial score (nSPS) is 10.8. The Balaban J connectivity index is 1.99. The molecule has 1 aromatic rings. The second kappa shape index (κ2) is 17.6. The Labute approximate surface area is 201 Å². The van der Waals surface area contributed by atoms with E-state index in [0.717, 1.165) is 12.8 Å². The first-order valence-corrected chi connectivity index (χ1v) is 12.6. The van der Waals surface area contributed by atoms with Gasteiger partial charge in [0.2, 0.25) is 0 Å². The van der Waals surface area contributed by atoms with Crippen molar-refractivity contribution in [1.29, 1.82) is 0 Å². The van der Waals surface area contributed by atoms with Gasteiger partial charge in [-0.2, -0.15) is 0 Å². The van der Waals surface area contributed by atoms with Gasteiger partial charge < -0.3 is 9.47 Å². The zero-order chi connectivity index (χ0) is 22.9. The van der Waals surface area contributed by atoms with Crippen molar-refractivity contribution in [3.63, 3.8) is 0 Å². The highest BCUT2D eigenvalue weighted by atomic mass is 35.5. The van der Waals surface area contributed by atoms with Crippen LogP contribution in [0, 0.1) is 0 Å². The third kappa shape index (κ3) is 13.9. The van der Waals surface area contributed by atoms with Crippen LogP contribution in [-0.4, -0.2) is 18.5 Å². The minimum Gasteiger partial charge on any atom is -0.466 e. The molecule has 0 fully saturated rings. The van der Waals surface area contributed by atoms with E-state index in [1.165, 1.54) is 63.5 Å². The number of carbonyl (C=O) groups excluding carboxylic acids is 2. The van der Waals surface area contributed by atoms with E-state index in [2.05, 4.69) is 6.92 Å². The lowest BCUT2D eigenvalue weighted by atomic mass is 10.1. The van der Waals surface area contributed by atoms with E-state index in [0.29, 0.717) is 30.9 Å². The van der Waals surface area contributed by atoms with Crippen molar-refractivity contribution in [1.82, 2.24) is 0 Å². The maximum absolute atomic E-state index is 11.9. The number of unbranched alkanes of at least 4 members (excludes halogenated alkanes) is 10. The van der Waals surface area contributed by atoms with Crippen LogP contribution in [0.25, 0.3) is 0 Å². The lowest BCUT2D eigenvalue weighted by Crippen LogP contribution is -2.09. The van der Waals surface area contributed by atoms with E-state index < -0.39 is 5.97 Å². The topological polar surface area (TPSA) is 52.6 Å². The number of hydrogen-bond acceptors (Lipinski definition) is 4. The van der Waals surface area contributed by atoms with Crippen LogP contribution in [0.2, 0.25) is 15.1 Å². The standard InChI is InChI=1S/C24H35Cl3O4/c1-2-3-4-5-6-7-8-9-10-13-16-30-23(28)14-11-12-15-24(29)31-22-18-20(26)19(25)17-21(22)27/h17-18H,2-16H2,1H3. The van der Waals surface area contributed by atoms with Gasteiger partial charge in [-0.3, -0.25) is 9.59 Å². The molecule has 1 aromatic carbocycles. The Bertz CT molecular complexity index is 664. The first-order valence-electron chi connectivity index (χ1n) is 11.4. The zero-order valence-corrected chi connectivity index (χ0v) is 20.8. The number of esters is 2. The quantitative estimate of drug-likeness (QED) is 0.0943. The molecule has 176 valence electrons. The Morgan fingerprint density at radius 2 is 1.19 bits per heavy atom. The minimum absolute atomic E-state index is 0.178. The molecule has 0 N–H and O–H groups in total. The molecule has 4 nitrogen and oxygen atoms in total. The Morgan fingerprint density at radius 3 is 1.81 bits per heavy atom. The summed E-state index contributed by atoms with van der Waals surface area (Å²) >= 11 is 17.7. The zero-order valence-electron chi connectivity index (χ0n) is 18.5. The number of carbonyl (C=O) groups is 2. The van der Waals surface area contributed by atoms with E-state index in [-0.39, 0.29) is 28.2 Å². The fourth-order valence-electron chi connectivity index (χ4n) is 3.14.